The van der Waals surface area contributed by atoms with Gasteiger partial charge in [-0.2, -0.15) is 13.2 Å². The molecule has 0 aliphatic carbocycles. The molecule has 2 fully saturated rings. The number of nitrogens with one attached hydrogen (secondary N) is 3. The minimum Gasteiger partial charge on any atom is -0.464 e. The lowest BCUT2D eigenvalue weighted by molar-refractivity contribution is -0.329. The van der Waals surface area contributed by atoms with Gasteiger partial charge in [-0.05, 0) is 73.9 Å². The standard InChI is InChI=1S/C39H50F3N3O11/c1-4-50-35(47)31(15-24(2)3)45-34(46)13-11-28-18-30(54-37(49)44-21-26-10-12-32-33(17-26)53-23-52-32)19-38(55-28)14-6-9-29(56-38)22-51-36(48)43-20-25-7-5-8-27(16-25)39(40,41)42/h5,7-8,10,12,16-17,24,28-31H,4,6,9,11,13-15,18-23H2,1-3H3,(H,43,48)(H,44,49)(H,45,46)/t28-,29-,30-,31+,38+/m1/s1. The number of hydrogen-bond donors (Lipinski definition) is 3. The third kappa shape index (κ3) is 12.6. The van der Waals surface area contributed by atoms with Crippen LogP contribution in [0.5, 0.6) is 11.5 Å². The lowest BCUT2D eigenvalue weighted by Crippen LogP contribution is -2.54. The smallest absolute Gasteiger partial charge is 0.416 e. The molecule has 308 valence electrons. The normalized spacial score (nSPS) is 22.2. The van der Waals surface area contributed by atoms with E-state index in [1.807, 2.05) is 13.8 Å². The first-order valence-corrected chi connectivity index (χ1v) is 18.9. The van der Waals surface area contributed by atoms with Gasteiger partial charge in [0, 0.05) is 38.8 Å². The Labute approximate surface area is 323 Å². The molecular weight excluding hydrogens is 743 g/mol. The average Bonchev–Trinajstić information content (AvgIpc) is 3.62. The summed E-state index contributed by atoms with van der Waals surface area (Å²) in [7, 11) is 0. The highest BCUT2D eigenvalue weighted by atomic mass is 19.4. The minimum atomic E-state index is -4.51. The van der Waals surface area contributed by atoms with Gasteiger partial charge in [0.25, 0.3) is 0 Å². The van der Waals surface area contributed by atoms with Crippen molar-refractivity contribution < 1.29 is 65.5 Å². The van der Waals surface area contributed by atoms with Crippen LogP contribution in [0.3, 0.4) is 0 Å². The van der Waals surface area contributed by atoms with Crippen molar-refractivity contribution in [1.82, 2.24) is 16.0 Å². The number of rotatable bonds is 15. The molecule has 3 aliphatic rings. The number of esters is 1. The van der Waals surface area contributed by atoms with Gasteiger partial charge in [0.2, 0.25) is 12.7 Å². The quantitative estimate of drug-likeness (QED) is 0.137. The number of hydrogen-bond acceptors (Lipinski definition) is 11. The van der Waals surface area contributed by atoms with Crippen LogP contribution in [0, 0.1) is 5.92 Å². The number of fused-ring (bicyclic) bond motifs is 1. The molecule has 2 saturated heterocycles. The van der Waals surface area contributed by atoms with E-state index in [-0.39, 0.29) is 76.2 Å². The number of ether oxygens (including phenoxy) is 7. The lowest BCUT2D eigenvalue weighted by Gasteiger charge is -2.47. The monoisotopic (exact) mass is 793 g/mol. The van der Waals surface area contributed by atoms with Gasteiger partial charge in [0.15, 0.2) is 17.3 Å². The van der Waals surface area contributed by atoms with Gasteiger partial charge >= 0.3 is 24.3 Å². The van der Waals surface area contributed by atoms with E-state index in [4.69, 9.17) is 33.2 Å². The molecule has 5 rings (SSSR count). The number of amides is 3. The van der Waals surface area contributed by atoms with Gasteiger partial charge in [-0.25, -0.2) is 14.4 Å². The van der Waals surface area contributed by atoms with Crippen LogP contribution in [-0.2, 0) is 52.5 Å². The van der Waals surface area contributed by atoms with Crippen LogP contribution >= 0.6 is 0 Å². The van der Waals surface area contributed by atoms with Gasteiger partial charge in [-0.15, -0.1) is 0 Å². The summed E-state index contributed by atoms with van der Waals surface area (Å²) in [6, 6.07) is 9.16. The minimum absolute atomic E-state index is 0.0103. The largest absolute Gasteiger partial charge is 0.464 e. The van der Waals surface area contributed by atoms with Crippen LogP contribution in [0.4, 0.5) is 22.8 Å². The van der Waals surface area contributed by atoms with Gasteiger partial charge in [-0.1, -0.05) is 32.0 Å². The maximum absolute atomic E-state index is 13.1. The number of carbonyl (C=O) groups is 4. The predicted octanol–water partition coefficient (Wildman–Crippen LogP) is 6.27. The Balaban J connectivity index is 1.19. The molecule has 0 radical (unpaired) electrons. The molecule has 2 aromatic carbocycles. The summed E-state index contributed by atoms with van der Waals surface area (Å²) in [5.74, 6) is -0.773. The molecule has 5 atom stereocenters. The van der Waals surface area contributed by atoms with Crippen molar-refractivity contribution in [3.8, 4) is 11.5 Å². The van der Waals surface area contributed by atoms with E-state index in [1.54, 1.807) is 25.1 Å². The van der Waals surface area contributed by atoms with Crippen molar-refractivity contribution in [3.63, 3.8) is 0 Å². The molecule has 56 heavy (non-hydrogen) atoms. The highest BCUT2D eigenvalue weighted by Crippen LogP contribution is 2.41. The van der Waals surface area contributed by atoms with Crippen LogP contribution in [0.2, 0.25) is 0 Å². The Kier molecular flexibility index (Phi) is 14.7. The van der Waals surface area contributed by atoms with Crippen molar-refractivity contribution in [1.29, 1.82) is 0 Å². The molecule has 0 saturated carbocycles. The first-order chi connectivity index (χ1) is 26.7. The summed E-state index contributed by atoms with van der Waals surface area (Å²) < 4.78 is 79.4. The number of halogens is 3. The Hall–Kier alpha value is -4.77. The van der Waals surface area contributed by atoms with Crippen LogP contribution in [0.25, 0.3) is 0 Å². The second-order valence-corrected chi connectivity index (χ2v) is 14.5. The van der Waals surface area contributed by atoms with E-state index in [9.17, 15) is 32.3 Å². The third-order valence-corrected chi connectivity index (χ3v) is 9.46. The predicted molar refractivity (Wildman–Crippen MR) is 192 cm³/mol. The van der Waals surface area contributed by atoms with Crippen LogP contribution in [-0.4, -0.2) is 74.2 Å². The molecule has 0 bridgehead atoms. The number of alkyl halides is 3. The Morgan fingerprint density at radius 2 is 1.66 bits per heavy atom. The summed E-state index contributed by atoms with van der Waals surface area (Å²) >= 11 is 0. The number of carbonyl (C=O) groups excluding carboxylic acids is 4. The van der Waals surface area contributed by atoms with E-state index in [1.165, 1.54) is 12.1 Å². The fourth-order valence-corrected chi connectivity index (χ4v) is 6.92. The molecule has 0 unspecified atom stereocenters. The van der Waals surface area contributed by atoms with E-state index in [0.29, 0.717) is 37.2 Å². The molecule has 0 aromatic heterocycles. The molecule has 3 heterocycles. The summed E-state index contributed by atoms with van der Waals surface area (Å²) in [6.45, 7) is 5.70. The van der Waals surface area contributed by atoms with E-state index in [2.05, 4.69) is 16.0 Å². The van der Waals surface area contributed by atoms with Gasteiger partial charge in [-0.3, -0.25) is 4.79 Å². The molecule has 3 amide bonds. The summed E-state index contributed by atoms with van der Waals surface area (Å²) in [5, 5.41) is 8.01. The molecule has 3 aliphatic heterocycles. The van der Waals surface area contributed by atoms with Crippen molar-refractivity contribution in [3.05, 3.63) is 59.2 Å². The van der Waals surface area contributed by atoms with Crippen molar-refractivity contribution >= 4 is 24.1 Å². The molecule has 2 aromatic rings. The summed E-state index contributed by atoms with van der Waals surface area (Å²) in [5.41, 5.74) is 0.200. The highest BCUT2D eigenvalue weighted by molar-refractivity contribution is 5.84. The zero-order chi connectivity index (χ0) is 40.3. The molecule has 1 spiro atoms. The molecule has 3 N–H and O–H groups in total. The Morgan fingerprint density at radius 1 is 0.929 bits per heavy atom. The van der Waals surface area contributed by atoms with Crippen molar-refractivity contribution in [2.75, 3.05) is 20.0 Å². The maximum Gasteiger partial charge on any atom is 0.416 e. The average molecular weight is 794 g/mol. The van der Waals surface area contributed by atoms with Crippen LogP contribution in [0.1, 0.15) is 88.8 Å². The van der Waals surface area contributed by atoms with Gasteiger partial charge < -0.3 is 49.1 Å². The van der Waals surface area contributed by atoms with Crippen LogP contribution < -0.4 is 25.4 Å². The molecule has 14 nitrogen and oxygen atoms in total. The molecule has 17 heteroatoms. The zero-order valence-corrected chi connectivity index (χ0v) is 31.7. The number of benzene rings is 2. The first-order valence-electron chi connectivity index (χ1n) is 18.9. The lowest BCUT2D eigenvalue weighted by atomic mass is 9.90. The van der Waals surface area contributed by atoms with Crippen molar-refractivity contribution in [2.45, 2.75) is 122 Å². The van der Waals surface area contributed by atoms with E-state index < -0.39 is 60.0 Å². The highest BCUT2D eigenvalue weighted by Gasteiger charge is 2.47. The van der Waals surface area contributed by atoms with Crippen molar-refractivity contribution in [2.24, 2.45) is 5.92 Å². The maximum atomic E-state index is 13.1. The summed E-state index contributed by atoms with van der Waals surface area (Å²) in [6.07, 6.45) is -5.21. The number of alkyl carbamates (subject to hydrolysis) is 2. The second kappa shape index (κ2) is 19.4. The third-order valence-electron chi connectivity index (χ3n) is 9.46. The Morgan fingerprint density at radius 3 is 2.41 bits per heavy atom. The van der Waals surface area contributed by atoms with Gasteiger partial charge in [0.05, 0.1) is 24.4 Å². The topological polar surface area (TPSA) is 169 Å². The van der Waals surface area contributed by atoms with Gasteiger partial charge in [0.1, 0.15) is 18.8 Å². The SMILES string of the molecule is CCOC(=O)[C@H](CC(C)C)NC(=O)CC[C@@H]1C[C@@H](OC(=O)NCc2ccc3c(c2)OCO3)C[C@@]2(CCC[C@H](COC(=O)NCc3cccc(C(F)(F)F)c3)O2)O1. The first kappa shape index (κ1) is 42.4. The zero-order valence-electron chi connectivity index (χ0n) is 31.7. The fourth-order valence-electron chi connectivity index (χ4n) is 6.92. The molecular formula is C39H50F3N3O11. The summed E-state index contributed by atoms with van der Waals surface area (Å²) in [4.78, 5) is 51.2. The second-order valence-electron chi connectivity index (χ2n) is 14.5. The van der Waals surface area contributed by atoms with E-state index >= 15 is 0 Å². The fraction of sp³-hybridized carbons (Fsp3) is 0.590. The Bertz CT molecular complexity index is 1680. The van der Waals surface area contributed by atoms with E-state index in [0.717, 1.165) is 17.7 Å². The van der Waals surface area contributed by atoms with Crippen LogP contribution in [0.15, 0.2) is 42.5 Å².